The van der Waals surface area contributed by atoms with Crippen molar-refractivity contribution in [2.24, 2.45) is 5.92 Å². The van der Waals surface area contributed by atoms with Crippen LogP contribution in [0.5, 0.6) is 0 Å². The minimum absolute atomic E-state index is 0.0746. The molecule has 1 aromatic carbocycles. The number of alkyl halides is 5. The SMILES string of the molecule is C1CC1.CC(C)n1nccc1C(=O)NCc1nc2ccc(CNC(=O)CC3CC(F)(F)C3)cc2[nH]1.COC(C)C(F)(F)F. The quantitative estimate of drug-likeness (QED) is 0.253. The van der Waals surface area contributed by atoms with Gasteiger partial charge in [-0.3, -0.25) is 14.3 Å². The van der Waals surface area contributed by atoms with E-state index in [9.17, 15) is 31.5 Å². The molecule has 1 unspecified atom stereocenters. The Labute approximate surface area is 247 Å². The van der Waals surface area contributed by atoms with Crippen molar-refractivity contribution in [1.82, 2.24) is 30.4 Å². The number of hydrogen-bond donors (Lipinski definition) is 3. The van der Waals surface area contributed by atoms with E-state index in [2.05, 4.69) is 30.4 Å². The number of hydrogen-bond acceptors (Lipinski definition) is 5. The van der Waals surface area contributed by atoms with Crippen LogP contribution in [0.3, 0.4) is 0 Å². The van der Waals surface area contributed by atoms with Gasteiger partial charge < -0.3 is 20.4 Å². The van der Waals surface area contributed by atoms with Crippen molar-refractivity contribution in [1.29, 1.82) is 0 Å². The molecule has 3 N–H and O–H groups in total. The highest BCUT2D eigenvalue weighted by atomic mass is 19.4. The monoisotopic (exact) mass is 614 g/mol. The standard InChI is InChI=1S/C22H26F2N6O2.C4H7F3O.C3H6/c1-13(2)30-18(5-6-27-30)21(32)26-12-19-28-16-4-3-14(7-17(16)29-19)11-25-20(31)8-15-9-22(23,24)10-15;1-3(8-2)4(5,6)7;1-2-3-1/h3-7,13,15H,8-12H2,1-2H3,(H,25,31)(H,26,32)(H,28,29);3H,1-2H3;1-3H2. The number of H-pyrrole nitrogens is 1. The van der Waals surface area contributed by atoms with Crippen molar-refractivity contribution in [3.8, 4) is 0 Å². The minimum atomic E-state index is -4.21. The largest absolute Gasteiger partial charge is 0.414 e. The number of imidazole rings is 1. The predicted molar refractivity (Wildman–Crippen MR) is 150 cm³/mol. The summed E-state index contributed by atoms with van der Waals surface area (Å²) in [7, 11) is 1.03. The van der Waals surface area contributed by atoms with Crippen LogP contribution in [-0.4, -0.2) is 56.9 Å². The first kappa shape index (κ1) is 33.9. The van der Waals surface area contributed by atoms with Crippen molar-refractivity contribution in [2.75, 3.05) is 7.11 Å². The summed E-state index contributed by atoms with van der Waals surface area (Å²) in [5.41, 5.74) is 2.88. The molecule has 0 saturated heterocycles. The molecule has 1 atom stereocenters. The van der Waals surface area contributed by atoms with Gasteiger partial charge in [0.15, 0.2) is 0 Å². The van der Waals surface area contributed by atoms with Gasteiger partial charge in [0, 0.05) is 45.2 Å². The zero-order chi connectivity index (χ0) is 31.8. The number of rotatable bonds is 9. The molecule has 2 aliphatic rings. The second kappa shape index (κ2) is 14.8. The number of aromatic nitrogens is 4. The van der Waals surface area contributed by atoms with Gasteiger partial charge in [0.25, 0.3) is 5.91 Å². The van der Waals surface area contributed by atoms with E-state index >= 15 is 0 Å². The van der Waals surface area contributed by atoms with Crippen LogP contribution in [0.4, 0.5) is 22.0 Å². The van der Waals surface area contributed by atoms with Gasteiger partial charge in [0.05, 0.1) is 17.6 Å². The number of methoxy groups -OCH3 is 1. The minimum Gasteiger partial charge on any atom is -0.372 e. The van der Waals surface area contributed by atoms with Crippen LogP contribution in [0.1, 0.15) is 87.2 Å². The Morgan fingerprint density at radius 1 is 1.09 bits per heavy atom. The second-order valence-corrected chi connectivity index (χ2v) is 11.1. The highest BCUT2D eigenvalue weighted by Crippen LogP contribution is 2.43. The van der Waals surface area contributed by atoms with Crippen molar-refractivity contribution in [3.05, 3.63) is 47.5 Å². The van der Waals surface area contributed by atoms with Crippen LogP contribution in [-0.2, 0) is 22.6 Å². The van der Waals surface area contributed by atoms with Crippen molar-refractivity contribution >= 4 is 22.8 Å². The Bertz CT molecular complexity index is 1340. The van der Waals surface area contributed by atoms with Crippen LogP contribution in [0.25, 0.3) is 11.0 Å². The summed E-state index contributed by atoms with van der Waals surface area (Å²) in [6.07, 6.45) is -0.0598. The molecule has 2 fully saturated rings. The van der Waals surface area contributed by atoms with Crippen LogP contribution in [0.2, 0.25) is 0 Å². The molecule has 3 aromatic rings. The van der Waals surface area contributed by atoms with Gasteiger partial charge in [-0.1, -0.05) is 25.3 Å². The van der Waals surface area contributed by atoms with Crippen LogP contribution in [0, 0.1) is 5.92 Å². The lowest BCUT2D eigenvalue weighted by atomic mass is 9.79. The number of fused-ring (bicyclic) bond motifs is 1. The summed E-state index contributed by atoms with van der Waals surface area (Å²) in [6.45, 7) is 5.40. The average Bonchev–Trinajstić information content (AvgIpc) is 3.61. The number of nitrogens with zero attached hydrogens (tertiary/aromatic N) is 3. The number of ether oxygens (including phenoxy) is 1. The third kappa shape index (κ3) is 10.9. The third-order valence-electron chi connectivity index (χ3n) is 6.71. The molecule has 43 heavy (non-hydrogen) atoms. The summed E-state index contributed by atoms with van der Waals surface area (Å²) in [6, 6.07) is 7.30. The Balaban J connectivity index is 0.000000389. The lowest BCUT2D eigenvalue weighted by Gasteiger charge is -2.34. The third-order valence-corrected chi connectivity index (χ3v) is 6.71. The first-order valence-corrected chi connectivity index (χ1v) is 14.2. The van der Waals surface area contributed by atoms with Gasteiger partial charge in [-0.15, -0.1) is 0 Å². The van der Waals surface area contributed by atoms with Gasteiger partial charge in [0.1, 0.15) is 17.6 Å². The maximum Gasteiger partial charge on any atom is 0.414 e. The van der Waals surface area contributed by atoms with Gasteiger partial charge in [0.2, 0.25) is 11.8 Å². The fourth-order valence-electron chi connectivity index (χ4n) is 4.06. The molecule has 0 spiro atoms. The van der Waals surface area contributed by atoms with Crippen molar-refractivity contribution < 1.29 is 36.3 Å². The molecule has 5 rings (SSSR count). The van der Waals surface area contributed by atoms with E-state index in [4.69, 9.17) is 0 Å². The molecule has 0 radical (unpaired) electrons. The van der Waals surface area contributed by atoms with Crippen LogP contribution in [0.15, 0.2) is 30.5 Å². The lowest BCUT2D eigenvalue weighted by molar-refractivity contribution is -0.206. The molecule has 0 bridgehead atoms. The smallest absolute Gasteiger partial charge is 0.372 e. The summed E-state index contributed by atoms with van der Waals surface area (Å²) in [4.78, 5) is 32.1. The molecule has 2 amide bonds. The Kier molecular flexibility index (Phi) is 11.7. The highest BCUT2D eigenvalue weighted by molar-refractivity contribution is 5.92. The summed E-state index contributed by atoms with van der Waals surface area (Å²) in [5.74, 6) is -2.69. The van der Waals surface area contributed by atoms with E-state index in [0.29, 0.717) is 18.1 Å². The number of aromatic amines is 1. The van der Waals surface area contributed by atoms with Crippen LogP contribution < -0.4 is 10.6 Å². The maximum absolute atomic E-state index is 12.9. The topological polar surface area (TPSA) is 114 Å². The summed E-state index contributed by atoms with van der Waals surface area (Å²) in [5, 5.41) is 9.79. The van der Waals surface area contributed by atoms with Gasteiger partial charge in [-0.25, -0.2) is 13.8 Å². The first-order chi connectivity index (χ1) is 20.2. The molecule has 2 aliphatic carbocycles. The summed E-state index contributed by atoms with van der Waals surface area (Å²) < 4.78 is 65.4. The molecule has 9 nitrogen and oxygen atoms in total. The highest BCUT2D eigenvalue weighted by Gasteiger charge is 2.45. The maximum atomic E-state index is 12.9. The fraction of sp³-hybridized carbons (Fsp3) is 0.586. The molecule has 238 valence electrons. The van der Waals surface area contributed by atoms with E-state index in [1.165, 1.54) is 19.3 Å². The van der Waals surface area contributed by atoms with Crippen molar-refractivity contribution in [3.63, 3.8) is 0 Å². The predicted octanol–water partition coefficient (Wildman–Crippen LogP) is 6.08. The summed E-state index contributed by atoms with van der Waals surface area (Å²) >= 11 is 0. The van der Waals surface area contributed by atoms with Crippen molar-refractivity contribution in [2.45, 2.75) is 96.6 Å². The first-order valence-electron chi connectivity index (χ1n) is 14.2. The van der Waals surface area contributed by atoms with E-state index in [1.54, 1.807) is 16.9 Å². The molecular formula is C29H39F5N6O3. The Morgan fingerprint density at radius 3 is 2.30 bits per heavy atom. The fourth-order valence-corrected chi connectivity index (χ4v) is 4.06. The zero-order valence-electron chi connectivity index (χ0n) is 24.7. The zero-order valence-corrected chi connectivity index (χ0v) is 24.7. The number of amides is 2. The Morgan fingerprint density at radius 2 is 1.77 bits per heavy atom. The molecule has 2 saturated carbocycles. The normalized spacial score (nSPS) is 16.3. The molecule has 14 heteroatoms. The number of nitrogens with one attached hydrogen (secondary N) is 3. The van der Waals surface area contributed by atoms with E-state index in [0.717, 1.165) is 30.6 Å². The number of benzene rings is 1. The van der Waals surface area contributed by atoms with E-state index in [-0.39, 0.29) is 49.6 Å². The van der Waals surface area contributed by atoms with Gasteiger partial charge >= 0.3 is 6.18 Å². The second-order valence-electron chi connectivity index (χ2n) is 11.1. The van der Waals surface area contributed by atoms with Gasteiger partial charge in [-0.2, -0.15) is 18.3 Å². The van der Waals surface area contributed by atoms with Crippen LogP contribution >= 0.6 is 0 Å². The van der Waals surface area contributed by atoms with E-state index < -0.39 is 18.2 Å². The average molecular weight is 615 g/mol. The molecular weight excluding hydrogens is 575 g/mol. The van der Waals surface area contributed by atoms with Gasteiger partial charge in [-0.05, 0) is 50.5 Å². The number of halogens is 5. The number of carbonyl (C=O) groups is 2. The molecule has 2 heterocycles. The molecule has 2 aromatic heterocycles. The number of carbonyl (C=O) groups excluding carboxylic acids is 2. The lowest BCUT2D eigenvalue weighted by Crippen LogP contribution is -2.38. The molecule has 0 aliphatic heterocycles. The Hall–Kier alpha value is -3.55. The van der Waals surface area contributed by atoms with E-state index in [1.807, 2.05) is 32.0 Å².